The summed E-state index contributed by atoms with van der Waals surface area (Å²) in [6.45, 7) is 4.70. The van der Waals surface area contributed by atoms with Crippen LogP contribution in [0.1, 0.15) is 49.1 Å². The molecule has 6 nitrogen and oxygen atoms in total. The van der Waals surface area contributed by atoms with Crippen LogP contribution in [0.4, 0.5) is 0 Å². The van der Waals surface area contributed by atoms with Crippen molar-refractivity contribution in [1.29, 1.82) is 0 Å². The molecule has 0 spiro atoms. The number of carboxylic acids is 1. The predicted molar refractivity (Wildman–Crippen MR) is 80.1 cm³/mol. The minimum Gasteiger partial charge on any atom is -0.481 e. The Kier molecular flexibility index (Phi) is 6.91. The highest BCUT2D eigenvalue weighted by atomic mass is 16.4. The third kappa shape index (κ3) is 5.97. The Hall–Kier alpha value is -1.85. The van der Waals surface area contributed by atoms with Crippen LogP contribution in [0.15, 0.2) is 0 Å². The molecule has 1 amide bonds. The van der Waals surface area contributed by atoms with Crippen LogP contribution < -0.4 is 5.32 Å². The second kappa shape index (κ2) is 8.44. The summed E-state index contributed by atoms with van der Waals surface area (Å²) in [6.07, 6.45) is 3.50. The van der Waals surface area contributed by atoms with E-state index in [1.54, 1.807) is 0 Å². The van der Waals surface area contributed by atoms with Gasteiger partial charge in [-0.3, -0.25) is 14.3 Å². The molecular weight excluding hydrogens is 270 g/mol. The molecule has 1 rings (SSSR count). The molecule has 0 fully saturated rings. The van der Waals surface area contributed by atoms with Crippen LogP contribution >= 0.6 is 0 Å². The number of unbranched alkanes of at least 4 members (excludes halogenated alkanes) is 1. The number of aromatic nitrogens is 2. The molecule has 0 bridgehead atoms. The van der Waals surface area contributed by atoms with Crippen LogP contribution in [0.25, 0.3) is 0 Å². The third-order valence-corrected chi connectivity index (χ3v) is 3.63. The molecule has 0 radical (unpaired) electrons. The maximum atomic E-state index is 11.6. The highest BCUT2D eigenvalue weighted by molar-refractivity contribution is 5.75. The first-order chi connectivity index (χ1) is 9.91. The molecule has 0 saturated heterocycles. The first-order valence-corrected chi connectivity index (χ1v) is 7.39. The number of nitrogens with zero attached hydrogens (tertiary/aromatic N) is 2. The van der Waals surface area contributed by atoms with Crippen LogP contribution in [-0.2, 0) is 23.1 Å². The second-order valence-electron chi connectivity index (χ2n) is 5.33. The van der Waals surface area contributed by atoms with Gasteiger partial charge in [0, 0.05) is 32.1 Å². The number of rotatable bonds is 9. The SMILES string of the molecule is Cc1nn(C)c(C)c1CCCNC(=O)CCCCC(=O)O. The average Bonchev–Trinajstić information content (AvgIpc) is 2.65. The van der Waals surface area contributed by atoms with E-state index in [9.17, 15) is 9.59 Å². The number of aliphatic carboxylic acids is 1. The van der Waals surface area contributed by atoms with E-state index in [0.717, 1.165) is 18.5 Å². The van der Waals surface area contributed by atoms with Crippen molar-refractivity contribution in [1.82, 2.24) is 15.1 Å². The number of amides is 1. The Morgan fingerprint density at radius 1 is 1.19 bits per heavy atom. The van der Waals surface area contributed by atoms with Crippen LogP contribution in [0, 0.1) is 13.8 Å². The van der Waals surface area contributed by atoms with E-state index < -0.39 is 5.97 Å². The van der Waals surface area contributed by atoms with Gasteiger partial charge in [-0.2, -0.15) is 5.10 Å². The molecule has 118 valence electrons. The molecule has 6 heteroatoms. The molecule has 0 atom stereocenters. The lowest BCUT2D eigenvalue weighted by Crippen LogP contribution is -2.24. The number of nitrogens with one attached hydrogen (secondary N) is 1. The van der Waals surface area contributed by atoms with Gasteiger partial charge in [-0.1, -0.05) is 0 Å². The van der Waals surface area contributed by atoms with Crippen molar-refractivity contribution in [3.63, 3.8) is 0 Å². The Bertz CT molecular complexity index is 495. The van der Waals surface area contributed by atoms with E-state index in [4.69, 9.17) is 5.11 Å². The van der Waals surface area contributed by atoms with Crippen molar-refractivity contribution in [3.8, 4) is 0 Å². The van der Waals surface area contributed by atoms with Crippen molar-refractivity contribution in [2.45, 2.75) is 52.4 Å². The first kappa shape index (κ1) is 17.2. The summed E-state index contributed by atoms with van der Waals surface area (Å²) in [5.41, 5.74) is 3.48. The monoisotopic (exact) mass is 295 g/mol. The Morgan fingerprint density at radius 2 is 1.86 bits per heavy atom. The number of hydrogen-bond donors (Lipinski definition) is 2. The molecule has 1 heterocycles. The minimum atomic E-state index is -0.808. The summed E-state index contributed by atoms with van der Waals surface area (Å²) >= 11 is 0. The average molecular weight is 295 g/mol. The van der Waals surface area contributed by atoms with Gasteiger partial charge in [0.2, 0.25) is 5.91 Å². The van der Waals surface area contributed by atoms with E-state index in [-0.39, 0.29) is 12.3 Å². The number of hydrogen-bond acceptors (Lipinski definition) is 3. The Labute approximate surface area is 125 Å². The molecule has 0 aliphatic heterocycles. The fraction of sp³-hybridized carbons (Fsp3) is 0.667. The van der Waals surface area contributed by atoms with Crippen LogP contribution in [0.5, 0.6) is 0 Å². The summed E-state index contributed by atoms with van der Waals surface area (Å²) in [7, 11) is 1.94. The van der Waals surface area contributed by atoms with Crippen molar-refractivity contribution in [3.05, 3.63) is 17.0 Å². The van der Waals surface area contributed by atoms with E-state index in [2.05, 4.69) is 17.3 Å². The van der Waals surface area contributed by atoms with Crippen LogP contribution in [0.3, 0.4) is 0 Å². The number of carbonyl (C=O) groups excluding carboxylic acids is 1. The molecule has 0 aliphatic carbocycles. The Morgan fingerprint density at radius 3 is 2.43 bits per heavy atom. The quantitative estimate of drug-likeness (QED) is 0.680. The van der Waals surface area contributed by atoms with Gasteiger partial charge in [-0.15, -0.1) is 0 Å². The zero-order valence-electron chi connectivity index (χ0n) is 13.1. The fourth-order valence-electron chi connectivity index (χ4n) is 2.32. The van der Waals surface area contributed by atoms with E-state index in [0.29, 0.717) is 25.8 Å². The summed E-state index contributed by atoms with van der Waals surface area (Å²) in [5.74, 6) is -0.808. The van der Waals surface area contributed by atoms with Gasteiger partial charge < -0.3 is 10.4 Å². The maximum absolute atomic E-state index is 11.6. The minimum absolute atomic E-state index is 0.0000179. The van der Waals surface area contributed by atoms with E-state index in [1.165, 1.54) is 11.3 Å². The van der Waals surface area contributed by atoms with Gasteiger partial charge in [0.15, 0.2) is 0 Å². The summed E-state index contributed by atoms with van der Waals surface area (Å²) < 4.78 is 1.88. The van der Waals surface area contributed by atoms with Crippen LogP contribution in [0.2, 0.25) is 0 Å². The predicted octanol–water partition coefficient (Wildman–Crippen LogP) is 1.73. The highest BCUT2D eigenvalue weighted by Gasteiger charge is 2.09. The lowest BCUT2D eigenvalue weighted by Gasteiger charge is -2.05. The lowest BCUT2D eigenvalue weighted by molar-refractivity contribution is -0.137. The number of carbonyl (C=O) groups is 2. The van der Waals surface area contributed by atoms with Crippen molar-refractivity contribution < 1.29 is 14.7 Å². The molecule has 0 aliphatic rings. The largest absolute Gasteiger partial charge is 0.481 e. The standard InChI is InChI=1S/C15H25N3O3/c1-11-13(12(2)18(3)17-11)7-6-10-16-14(19)8-4-5-9-15(20)21/h4-10H2,1-3H3,(H,16,19)(H,20,21). The van der Waals surface area contributed by atoms with Crippen molar-refractivity contribution >= 4 is 11.9 Å². The molecular formula is C15H25N3O3. The molecule has 0 saturated carbocycles. The fourth-order valence-corrected chi connectivity index (χ4v) is 2.32. The van der Waals surface area contributed by atoms with Gasteiger partial charge in [0.05, 0.1) is 5.69 Å². The van der Waals surface area contributed by atoms with Crippen LogP contribution in [-0.4, -0.2) is 33.3 Å². The molecule has 0 unspecified atom stereocenters. The van der Waals surface area contributed by atoms with Gasteiger partial charge in [0.25, 0.3) is 0 Å². The molecule has 0 aromatic carbocycles. The van der Waals surface area contributed by atoms with E-state index >= 15 is 0 Å². The van der Waals surface area contributed by atoms with Gasteiger partial charge in [-0.05, 0) is 45.1 Å². The van der Waals surface area contributed by atoms with E-state index in [1.807, 2.05) is 18.7 Å². The van der Waals surface area contributed by atoms with Gasteiger partial charge >= 0.3 is 5.97 Å². The molecule has 1 aromatic rings. The Balaban J connectivity index is 2.16. The highest BCUT2D eigenvalue weighted by Crippen LogP contribution is 2.13. The van der Waals surface area contributed by atoms with Crippen molar-refractivity contribution in [2.75, 3.05) is 6.54 Å². The van der Waals surface area contributed by atoms with Gasteiger partial charge in [-0.25, -0.2) is 0 Å². The second-order valence-corrected chi connectivity index (χ2v) is 5.33. The smallest absolute Gasteiger partial charge is 0.303 e. The summed E-state index contributed by atoms with van der Waals surface area (Å²) in [5, 5.41) is 15.7. The zero-order chi connectivity index (χ0) is 15.8. The lowest BCUT2D eigenvalue weighted by atomic mass is 10.1. The zero-order valence-corrected chi connectivity index (χ0v) is 13.1. The molecule has 21 heavy (non-hydrogen) atoms. The van der Waals surface area contributed by atoms with Gasteiger partial charge in [0.1, 0.15) is 0 Å². The number of carboxylic acid groups (broad SMARTS) is 1. The normalized spacial score (nSPS) is 10.6. The number of aryl methyl sites for hydroxylation is 2. The molecule has 1 aromatic heterocycles. The summed E-state index contributed by atoms with van der Waals surface area (Å²) in [4.78, 5) is 21.9. The third-order valence-electron chi connectivity index (χ3n) is 3.63. The summed E-state index contributed by atoms with van der Waals surface area (Å²) in [6, 6.07) is 0. The topological polar surface area (TPSA) is 84.2 Å². The molecule has 2 N–H and O–H groups in total. The first-order valence-electron chi connectivity index (χ1n) is 7.39. The maximum Gasteiger partial charge on any atom is 0.303 e. The van der Waals surface area contributed by atoms with Crippen molar-refractivity contribution in [2.24, 2.45) is 7.05 Å².